The Morgan fingerprint density at radius 2 is 1.25 bits per heavy atom. The summed E-state index contributed by atoms with van der Waals surface area (Å²) in [6.45, 7) is 13.3. The Morgan fingerprint density at radius 1 is 0.588 bits per heavy atom. The standard InChI is InChI=1S/C61H48FN4O.Pt/c1-40(2)49-18-9-10-19-50(49)43-34-46(37-48(35-43)67-47-30-31-54-53-20-11-12-23-55(53)66(58(54)38-47)59-36-44(32-33-63-59)61(3,4)5)64-39-65(57-25-14-13-24-56(57)64)60-51(41-16-7-6-8-17-41)21-15-22-52(60)42-26-28-45(62)29-27-42;/h6-36,39-40H,1-5H3;/q-3;. The van der Waals surface area contributed by atoms with E-state index in [0.717, 1.165) is 83.8 Å². The monoisotopic (exact) mass is 1070 g/mol. The van der Waals surface area contributed by atoms with Crippen molar-refractivity contribution in [3.63, 3.8) is 0 Å². The zero-order valence-corrected chi connectivity index (χ0v) is 40.7. The summed E-state index contributed by atoms with van der Waals surface area (Å²) in [6, 6.07) is 69.0. The van der Waals surface area contributed by atoms with Gasteiger partial charge in [0.1, 0.15) is 11.6 Å². The summed E-state index contributed by atoms with van der Waals surface area (Å²) < 4.78 is 23.5. The van der Waals surface area contributed by atoms with E-state index in [9.17, 15) is 4.39 Å². The van der Waals surface area contributed by atoms with Gasteiger partial charge in [0.2, 0.25) is 0 Å². The SMILES string of the molecule is CC(C)c1ccccc1-c1cc(Oc2[c-]c3c(cc2)c2ccccc2n3-c2cc(C(C)(C)C)ccn2)[c-]c(N2[CH-]N(c3c(-c4ccccc4)cccc3-c3ccc(F)cc3)c3ccccc32)c1.[Pt]. The quantitative estimate of drug-likeness (QED) is 0.135. The molecule has 1 aliphatic rings. The molecule has 0 amide bonds. The molecule has 8 aromatic carbocycles. The van der Waals surface area contributed by atoms with E-state index in [1.165, 1.54) is 23.3 Å². The minimum absolute atomic E-state index is 0. The van der Waals surface area contributed by atoms with Crippen molar-refractivity contribution < 1.29 is 30.2 Å². The Kier molecular flexibility index (Phi) is 11.9. The fourth-order valence-electron chi connectivity index (χ4n) is 9.43. The first-order chi connectivity index (χ1) is 32.6. The van der Waals surface area contributed by atoms with Gasteiger partial charge in [-0.15, -0.1) is 53.6 Å². The van der Waals surface area contributed by atoms with Crippen molar-refractivity contribution in [1.82, 2.24) is 9.55 Å². The van der Waals surface area contributed by atoms with Crippen LogP contribution in [0.4, 0.5) is 27.1 Å². The maximum absolute atomic E-state index is 14.4. The van der Waals surface area contributed by atoms with Crippen LogP contribution in [0.2, 0.25) is 0 Å². The van der Waals surface area contributed by atoms with Crippen LogP contribution in [-0.4, -0.2) is 9.55 Å². The second-order valence-corrected chi connectivity index (χ2v) is 18.5. The van der Waals surface area contributed by atoms with Crippen LogP contribution in [0.3, 0.4) is 0 Å². The van der Waals surface area contributed by atoms with Gasteiger partial charge >= 0.3 is 0 Å². The van der Waals surface area contributed by atoms with Gasteiger partial charge in [0.15, 0.2) is 0 Å². The van der Waals surface area contributed by atoms with Crippen molar-refractivity contribution >= 4 is 44.6 Å². The third-order valence-corrected chi connectivity index (χ3v) is 12.7. The van der Waals surface area contributed by atoms with Crippen molar-refractivity contribution in [3.8, 4) is 50.7 Å². The summed E-state index contributed by atoms with van der Waals surface area (Å²) in [6.07, 6.45) is 1.90. The largest absolute Gasteiger partial charge is 0.509 e. The third kappa shape index (κ3) is 8.17. The molecule has 0 fully saturated rings. The van der Waals surface area contributed by atoms with Crippen LogP contribution in [0.5, 0.6) is 11.5 Å². The van der Waals surface area contributed by atoms with Gasteiger partial charge in [0.25, 0.3) is 0 Å². The maximum Gasteiger partial charge on any atom is 0.135 e. The van der Waals surface area contributed by atoms with Gasteiger partial charge in [-0.1, -0.05) is 155 Å². The molecule has 0 saturated heterocycles. The molecule has 0 N–H and O–H groups in total. The minimum Gasteiger partial charge on any atom is -0.509 e. The molecule has 68 heavy (non-hydrogen) atoms. The topological polar surface area (TPSA) is 33.5 Å². The molecule has 0 spiro atoms. The average molecular weight is 1070 g/mol. The van der Waals surface area contributed by atoms with Gasteiger partial charge in [-0.25, -0.2) is 9.37 Å². The second kappa shape index (κ2) is 18.1. The molecular formula is C61H48FN4OPt-3. The third-order valence-electron chi connectivity index (χ3n) is 12.7. The molecule has 0 unspecified atom stereocenters. The van der Waals surface area contributed by atoms with Gasteiger partial charge in [-0.05, 0) is 87.0 Å². The average Bonchev–Trinajstić information content (AvgIpc) is 3.90. The molecule has 3 heterocycles. The van der Waals surface area contributed by atoms with Crippen molar-refractivity contribution in [2.75, 3.05) is 9.80 Å². The zero-order chi connectivity index (χ0) is 45.8. The van der Waals surface area contributed by atoms with Gasteiger partial charge in [0, 0.05) is 72.5 Å². The molecule has 338 valence electrons. The number of aromatic nitrogens is 2. The molecule has 0 bridgehead atoms. The molecule has 11 rings (SSSR count). The number of hydrogen-bond acceptors (Lipinski definition) is 4. The summed E-state index contributed by atoms with van der Waals surface area (Å²) in [5, 5.41) is 2.18. The van der Waals surface area contributed by atoms with Gasteiger partial charge in [-0.3, -0.25) is 0 Å². The first-order valence-electron chi connectivity index (χ1n) is 22.8. The Labute approximate surface area is 412 Å². The van der Waals surface area contributed by atoms with Crippen molar-refractivity contribution in [3.05, 3.63) is 224 Å². The van der Waals surface area contributed by atoms with E-state index in [-0.39, 0.29) is 38.2 Å². The maximum atomic E-state index is 14.4. The van der Waals surface area contributed by atoms with Gasteiger partial charge in [0.05, 0.1) is 0 Å². The fourth-order valence-corrected chi connectivity index (χ4v) is 9.43. The number of benzene rings is 8. The number of pyridine rings is 1. The predicted octanol–water partition coefficient (Wildman–Crippen LogP) is 16.5. The van der Waals surface area contributed by atoms with Crippen molar-refractivity contribution in [2.24, 2.45) is 0 Å². The van der Waals surface area contributed by atoms with Gasteiger partial charge < -0.3 is 19.1 Å². The first-order valence-corrected chi connectivity index (χ1v) is 22.8. The van der Waals surface area contributed by atoms with Crippen LogP contribution in [0.15, 0.2) is 188 Å². The molecule has 0 aliphatic carbocycles. The van der Waals surface area contributed by atoms with E-state index >= 15 is 0 Å². The Morgan fingerprint density at radius 3 is 2.00 bits per heavy atom. The number of hydrogen-bond donors (Lipinski definition) is 0. The van der Waals surface area contributed by atoms with E-state index in [2.05, 4.69) is 213 Å². The van der Waals surface area contributed by atoms with Gasteiger partial charge in [-0.2, -0.15) is 6.07 Å². The van der Waals surface area contributed by atoms with E-state index in [0.29, 0.717) is 11.5 Å². The summed E-state index contributed by atoms with van der Waals surface area (Å²) in [5.41, 5.74) is 14.2. The van der Waals surface area contributed by atoms with Crippen LogP contribution in [0.1, 0.15) is 51.7 Å². The van der Waals surface area contributed by atoms with Crippen LogP contribution < -0.4 is 14.5 Å². The number of ether oxygens (including phenoxy) is 1. The van der Waals surface area contributed by atoms with E-state index in [1.54, 1.807) is 0 Å². The second-order valence-electron chi connectivity index (χ2n) is 18.5. The van der Waals surface area contributed by atoms with Crippen LogP contribution in [0.25, 0.3) is 61.0 Å². The first kappa shape index (κ1) is 44.6. The number of rotatable bonds is 9. The number of nitrogens with zero attached hydrogens (tertiary/aromatic N) is 4. The number of halogens is 1. The summed E-state index contributed by atoms with van der Waals surface area (Å²) in [7, 11) is 0. The van der Waals surface area contributed by atoms with E-state index < -0.39 is 0 Å². The molecular weight excluding hydrogens is 1020 g/mol. The molecule has 0 atom stereocenters. The van der Waals surface area contributed by atoms with E-state index in [1.807, 2.05) is 30.5 Å². The van der Waals surface area contributed by atoms with Crippen LogP contribution >= 0.6 is 0 Å². The Hall–Kier alpha value is -7.27. The van der Waals surface area contributed by atoms with E-state index in [4.69, 9.17) is 9.72 Å². The van der Waals surface area contributed by atoms with Crippen LogP contribution in [-0.2, 0) is 26.5 Å². The summed E-state index contributed by atoms with van der Waals surface area (Å²) in [5.74, 6) is 1.96. The summed E-state index contributed by atoms with van der Waals surface area (Å²) in [4.78, 5) is 9.34. The van der Waals surface area contributed by atoms with Crippen LogP contribution in [0, 0.1) is 24.6 Å². The molecule has 10 aromatic rings. The molecule has 1 aliphatic heterocycles. The normalized spacial score (nSPS) is 12.5. The number of fused-ring (bicyclic) bond motifs is 4. The van der Waals surface area contributed by atoms with Crippen molar-refractivity contribution in [1.29, 1.82) is 0 Å². The molecule has 0 saturated carbocycles. The zero-order valence-electron chi connectivity index (χ0n) is 38.4. The number of para-hydroxylation sites is 4. The summed E-state index contributed by atoms with van der Waals surface area (Å²) >= 11 is 0. The number of anilines is 4. The molecule has 5 nitrogen and oxygen atoms in total. The molecule has 0 radical (unpaired) electrons. The Bertz CT molecular complexity index is 3470. The van der Waals surface area contributed by atoms with Crippen molar-refractivity contribution in [2.45, 2.75) is 46.0 Å². The predicted molar refractivity (Wildman–Crippen MR) is 273 cm³/mol. The minimum atomic E-state index is -0.274. The molecule has 7 heteroatoms. The fraction of sp³-hybridized carbons (Fsp3) is 0.115. The Balaban J connectivity index is 0.00000539. The smallest absolute Gasteiger partial charge is 0.135 e. The molecule has 2 aromatic heterocycles.